The molecule has 164 valence electrons. The highest BCUT2D eigenvalue weighted by molar-refractivity contribution is 5.59. The van der Waals surface area contributed by atoms with Gasteiger partial charge in [0, 0.05) is 5.92 Å². The Morgan fingerprint density at radius 1 is 0.548 bits per heavy atom. The molecule has 0 spiro atoms. The van der Waals surface area contributed by atoms with Crippen molar-refractivity contribution in [2.45, 2.75) is 33.6 Å². The van der Waals surface area contributed by atoms with E-state index in [4.69, 9.17) is 14.2 Å². The zero-order valence-electron chi connectivity index (χ0n) is 19.2. The van der Waals surface area contributed by atoms with Crippen LogP contribution in [-0.2, 0) is 0 Å². The zero-order chi connectivity index (χ0) is 22.9. The van der Waals surface area contributed by atoms with Crippen LogP contribution in [0.15, 0.2) is 36.4 Å². The monoisotopic (exact) mass is 422 g/mol. The maximum absolute atomic E-state index is 10.3. The summed E-state index contributed by atoms with van der Waals surface area (Å²) in [5.74, 6) is 2.09. The Morgan fingerprint density at radius 3 is 1.16 bits per heavy atom. The van der Waals surface area contributed by atoms with Gasteiger partial charge < -0.3 is 24.4 Å². The summed E-state index contributed by atoms with van der Waals surface area (Å²) in [5, 5.41) is 20.6. The Kier molecular flexibility index (Phi) is 6.34. The van der Waals surface area contributed by atoms with Gasteiger partial charge in [0.15, 0.2) is 11.5 Å². The Hall–Kier alpha value is -3.34. The predicted molar refractivity (Wildman–Crippen MR) is 122 cm³/mol. The molecule has 0 aromatic heterocycles. The third kappa shape index (κ3) is 4.13. The van der Waals surface area contributed by atoms with Crippen molar-refractivity contribution in [3.63, 3.8) is 0 Å². The number of phenolic OH excluding ortho intramolecular Hbond substituents is 2. The summed E-state index contributed by atoms with van der Waals surface area (Å²) in [5.41, 5.74) is 6.21. The Labute approximate surface area is 183 Å². The quantitative estimate of drug-likeness (QED) is 0.511. The van der Waals surface area contributed by atoms with Crippen molar-refractivity contribution in [2.24, 2.45) is 0 Å². The van der Waals surface area contributed by atoms with Crippen molar-refractivity contribution in [2.75, 3.05) is 21.3 Å². The van der Waals surface area contributed by atoms with Crippen molar-refractivity contribution in [3.8, 4) is 28.7 Å². The summed E-state index contributed by atoms with van der Waals surface area (Å²) in [6.07, 6.45) is 0. The highest BCUT2D eigenvalue weighted by Crippen LogP contribution is 2.44. The molecule has 0 unspecified atom stereocenters. The molecule has 0 amide bonds. The number of ether oxygens (including phenoxy) is 3. The van der Waals surface area contributed by atoms with E-state index in [-0.39, 0.29) is 5.92 Å². The first kappa shape index (κ1) is 22.3. The van der Waals surface area contributed by atoms with Gasteiger partial charge in [-0.25, -0.2) is 0 Å². The lowest BCUT2D eigenvalue weighted by atomic mass is 9.82. The topological polar surface area (TPSA) is 68.2 Å². The Morgan fingerprint density at radius 2 is 0.871 bits per heavy atom. The number of aryl methyl sites for hydroxylation is 4. The number of benzene rings is 3. The average molecular weight is 423 g/mol. The molecule has 0 radical (unpaired) electrons. The van der Waals surface area contributed by atoms with E-state index in [9.17, 15) is 10.2 Å². The van der Waals surface area contributed by atoms with E-state index in [2.05, 4.69) is 0 Å². The molecule has 0 saturated heterocycles. The van der Waals surface area contributed by atoms with E-state index >= 15 is 0 Å². The molecule has 0 heterocycles. The van der Waals surface area contributed by atoms with E-state index in [0.29, 0.717) is 28.7 Å². The van der Waals surface area contributed by atoms with Crippen LogP contribution in [-0.4, -0.2) is 31.5 Å². The van der Waals surface area contributed by atoms with E-state index in [1.54, 1.807) is 21.3 Å². The molecule has 2 N–H and O–H groups in total. The maximum Gasteiger partial charge on any atom is 0.203 e. The standard InChI is InChI=1S/C26H30O5/c1-14-8-18(9-15(2)24(14)27)23(19-10-16(3)25(28)17(4)11-19)20-12-21(29-5)26(31-7)22(13-20)30-6/h8-13,23,27-28H,1-7H3. The molecule has 0 aliphatic carbocycles. The largest absolute Gasteiger partial charge is 0.507 e. The molecular formula is C26H30O5. The summed E-state index contributed by atoms with van der Waals surface area (Å²) in [6, 6.07) is 11.9. The second-order valence-electron chi connectivity index (χ2n) is 7.90. The lowest BCUT2D eigenvalue weighted by Gasteiger charge is -2.24. The van der Waals surface area contributed by atoms with Crippen molar-refractivity contribution in [3.05, 3.63) is 75.3 Å². The number of phenols is 2. The minimum atomic E-state index is -0.176. The molecule has 0 atom stereocenters. The Balaban J connectivity index is 2.35. The summed E-state index contributed by atoms with van der Waals surface area (Å²) in [7, 11) is 4.77. The average Bonchev–Trinajstić information content (AvgIpc) is 2.74. The third-order valence-corrected chi connectivity index (χ3v) is 5.71. The van der Waals surface area contributed by atoms with Crippen molar-refractivity contribution < 1.29 is 24.4 Å². The highest BCUT2D eigenvalue weighted by atomic mass is 16.5. The maximum atomic E-state index is 10.3. The van der Waals surface area contributed by atoms with Crippen LogP contribution in [0, 0.1) is 27.7 Å². The summed E-state index contributed by atoms with van der Waals surface area (Å²) >= 11 is 0. The lowest BCUT2D eigenvalue weighted by molar-refractivity contribution is 0.323. The summed E-state index contributed by atoms with van der Waals surface area (Å²) < 4.78 is 16.7. The molecule has 3 rings (SSSR count). The van der Waals surface area contributed by atoms with Crippen LogP contribution in [0.3, 0.4) is 0 Å². The number of hydrogen-bond donors (Lipinski definition) is 2. The van der Waals surface area contributed by atoms with Gasteiger partial charge in [0.25, 0.3) is 0 Å². The van der Waals surface area contributed by atoms with Crippen LogP contribution >= 0.6 is 0 Å². The minimum absolute atomic E-state index is 0.176. The van der Waals surface area contributed by atoms with Gasteiger partial charge >= 0.3 is 0 Å². The zero-order valence-corrected chi connectivity index (χ0v) is 19.2. The van der Waals surface area contributed by atoms with Gasteiger partial charge in [0.1, 0.15) is 11.5 Å². The number of hydrogen-bond acceptors (Lipinski definition) is 5. The third-order valence-electron chi connectivity index (χ3n) is 5.71. The smallest absolute Gasteiger partial charge is 0.203 e. The summed E-state index contributed by atoms with van der Waals surface area (Å²) in [4.78, 5) is 0. The highest BCUT2D eigenvalue weighted by Gasteiger charge is 2.24. The molecular weight excluding hydrogens is 392 g/mol. The van der Waals surface area contributed by atoms with Crippen molar-refractivity contribution in [1.29, 1.82) is 0 Å². The summed E-state index contributed by atoms with van der Waals surface area (Å²) in [6.45, 7) is 7.58. The van der Waals surface area contributed by atoms with Gasteiger partial charge in [-0.2, -0.15) is 0 Å². The van der Waals surface area contributed by atoms with Gasteiger partial charge in [-0.15, -0.1) is 0 Å². The lowest BCUT2D eigenvalue weighted by Crippen LogP contribution is -2.07. The first-order valence-corrected chi connectivity index (χ1v) is 10.1. The fourth-order valence-electron chi connectivity index (χ4n) is 4.16. The second-order valence-corrected chi connectivity index (χ2v) is 7.90. The Bertz CT molecular complexity index is 988. The molecule has 0 saturated carbocycles. The van der Waals surface area contributed by atoms with Gasteiger partial charge in [-0.3, -0.25) is 0 Å². The van der Waals surface area contributed by atoms with Gasteiger partial charge in [0.05, 0.1) is 21.3 Å². The van der Waals surface area contributed by atoms with E-state index in [1.165, 1.54) is 0 Å². The van der Waals surface area contributed by atoms with Gasteiger partial charge in [0.2, 0.25) is 5.75 Å². The predicted octanol–water partition coefficient (Wildman–Crippen LogP) is 5.54. The molecule has 0 aliphatic heterocycles. The van der Waals surface area contributed by atoms with Gasteiger partial charge in [-0.1, -0.05) is 24.3 Å². The van der Waals surface area contributed by atoms with Gasteiger partial charge in [-0.05, 0) is 78.8 Å². The van der Waals surface area contributed by atoms with Crippen LogP contribution < -0.4 is 14.2 Å². The molecule has 3 aromatic rings. The van der Waals surface area contributed by atoms with Crippen LogP contribution in [0.25, 0.3) is 0 Å². The number of aromatic hydroxyl groups is 2. The normalized spacial score (nSPS) is 11.0. The number of rotatable bonds is 6. The fourth-order valence-corrected chi connectivity index (χ4v) is 4.16. The molecule has 31 heavy (non-hydrogen) atoms. The molecule has 5 heteroatoms. The first-order valence-electron chi connectivity index (χ1n) is 10.1. The van der Waals surface area contributed by atoms with Crippen LogP contribution in [0.1, 0.15) is 44.9 Å². The molecule has 5 nitrogen and oxygen atoms in total. The SMILES string of the molecule is COc1cc(C(c2cc(C)c(O)c(C)c2)c2cc(C)c(O)c(C)c2)cc(OC)c1OC. The number of methoxy groups -OCH3 is 3. The van der Waals surface area contributed by atoms with Crippen LogP contribution in [0.2, 0.25) is 0 Å². The van der Waals surface area contributed by atoms with E-state index in [1.807, 2.05) is 64.1 Å². The minimum Gasteiger partial charge on any atom is -0.507 e. The van der Waals surface area contributed by atoms with E-state index < -0.39 is 0 Å². The van der Waals surface area contributed by atoms with Crippen molar-refractivity contribution >= 4 is 0 Å². The van der Waals surface area contributed by atoms with E-state index in [0.717, 1.165) is 38.9 Å². The van der Waals surface area contributed by atoms with Crippen LogP contribution in [0.4, 0.5) is 0 Å². The fraction of sp³-hybridized carbons (Fsp3) is 0.308. The van der Waals surface area contributed by atoms with Crippen molar-refractivity contribution in [1.82, 2.24) is 0 Å². The molecule has 0 aliphatic rings. The van der Waals surface area contributed by atoms with Crippen LogP contribution in [0.5, 0.6) is 28.7 Å². The second kappa shape index (κ2) is 8.80. The molecule has 0 fully saturated rings. The molecule has 0 bridgehead atoms. The first-order chi connectivity index (χ1) is 14.7. The molecule has 3 aromatic carbocycles.